The number of carbonyl (C=O) groups is 1. The molecule has 8 heteroatoms. The molecule has 3 rings (SSSR count). The summed E-state index contributed by atoms with van der Waals surface area (Å²) in [6, 6.07) is 14.2. The summed E-state index contributed by atoms with van der Waals surface area (Å²) in [6.45, 7) is 4.56. The van der Waals surface area contributed by atoms with Crippen LogP contribution in [0, 0.1) is 13.8 Å². The van der Waals surface area contributed by atoms with Crippen molar-refractivity contribution in [3.05, 3.63) is 59.2 Å². The first-order valence-corrected chi connectivity index (χ1v) is 9.94. The Morgan fingerprint density at radius 1 is 1.11 bits per heavy atom. The van der Waals surface area contributed by atoms with E-state index >= 15 is 0 Å². The average Bonchev–Trinajstić information content (AvgIpc) is 3.13. The zero-order valence-corrected chi connectivity index (χ0v) is 17.3. The minimum atomic E-state index is -0.0586. The van der Waals surface area contributed by atoms with Gasteiger partial charge in [-0.2, -0.15) is 4.68 Å². The number of rotatable bonds is 7. The van der Waals surface area contributed by atoms with Gasteiger partial charge in [0, 0.05) is 26.3 Å². The van der Waals surface area contributed by atoms with Gasteiger partial charge in [-0.3, -0.25) is 4.79 Å². The van der Waals surface area contributed by atoms with Crippen LogP contribution in [0.2, 0.25) is 0 Å². The maximum Gasteiger partial charge on any atom is 0.230 e. The summed E-state index contributed by atoms with van der Waals surface area (Å²) in [5, 5.41) is 15.4. The Hall–Kier alpha value is -2.87. The van der Waals surface area contributed by atoms with Crippen LogP contribution in [0.25, 0.3) is 5.69 Å². The molecule has 7 nitrogen and oxygen atoms in total. The van der Waals surface area contributed by atoms with E-state index in [4.69, 9.17) is 0 Å². The Balaban J connectivity index is 1.56. The Morgan fingerprint density at radius 3 is 2.43 bits per heavy atom. The molecule has 0 aliphatic rings. The predicted octanol–water partition coefficient (Wildman–Crippen LogP) is 2.75. The number of anilines is 1. The molecule has 0 bridgehead atoms. The minimum Gasteiger partial charge on any atom is -0.378 e. The molecule has 0 aliphatic carbocycles. The van der Waals surface area contributed by atoms with E-state index in [1.54, 1.807) is 4.68 Å². The number of thioether (sulfide) groups is 1. The molecule has 1 N–H and O–H groups in total. The van der Waals surface area contributed by atoms with Crippen LogP contribution in [-0.4, -0.2) is 46.0 Å². The largest absolute Gasteiger partial charge is 0.378 e. The van der Waals surface area contributed by atoms with Gasteiger partial charge in [0.2, 0.25) is 11.1 Å². The molecule has 0 atom stereocenters. The number of amides is 1. The zero-order valence-electron chi connectivity index (χ0n) is 16.5. The third-order valence-corrected chi connectivity index (χ3v) is 5.09. The fourth-order valence-electron chi connectivity index (χ4n) is 2.80. The maximum atomic E-state index is 12.2. The number of benzene rings is 2. The predicted molar refractivity (Wildman–Crippen MR) is 112 cm³/mol. The van der Waals surface area contributed by atoms with Gasteiger partial charge in [0.05, 0.1) is 11.4 Å². The first-order chi connectivity index (χ1) is 13.4. The first kappa shape index (κ1) is 19.9. The quantitative estimate of drug-likeness (QED) is 0.619. The molecule has 0 fully saturated rings. The lowest BCUT2D eigenvalue weighted by Crippen LogP contribution is -2.24. The third kappa shape index (κ3) is 5.10. The molecule has 0 unspecified atom stereocenters. The molecule has 1 heterocycles. The number of carbonyl (C=O) groups excluding carboxylic acids is 1. The van der Waals surface area contributed by atoms with Crippen molar-refractivity contribution < 1.29 is 4.79 Å². The molecule has 1 aromatic heterocycles. The third-order valence-electron chi connectivity index (χ3n) is 4.17. The van der Waals surface area contributed by atoms with E-state index in [2.05, 4.69) is 26.9 Å². The second-order valence-electron chi connectivity index (χ2n) is 6.85. The van der Waals surface area contributed by atoms with Crippen molar-refractivity contribution in [2.75, 3.05) is 24.7 Å². The van der Waals surface area contributed by atoms with E-state index in [1.165, 1.54) is 11.8 Å². The van der Waals surface area contributed by atoms with Crippen LogP contribution in [0.5, 0.6) is 0 Å². The van der Waals surface area contributed by atoms with Crippen molar-refractivity contribution in [2.45, 2.75) is 25.5 Å². The molecule has 0 radical (unpaired) electrons. The maximum absolute atomic E-state index is 12.2. The van der Waals surface area contributed by atoms with Crippen LogP contribution in [0.3, 0.4) is 0 Å². The summed E-state index contributed by atoms with van der Waals surface area (Å²) in [7, 11) is 4.00. The number of tetrazole rings is 1. The van der Waals surface area contributed by atoms with Crippen LogP contribution >= 0.6 is 11.8 Å². The van der Waals surface area contributed by atoms with Crippen molar-refractivity contribution in [3.63, 3.8) is 0 Å². The van der Waals surface area contributed by atoms with Crippen LogP contribution in [-0.2, 0) is 11.3 Å². The monoisotopic (exact) mass is 396 g/mol. The van der Waals surface area contributed by atoms with Gasteiger partial charge < -0.3 is 10.2 Å². The molecule has 0 saturated heterocycles. The SMILES string of the molecule is Cc1cc(C)cc(-n2nnnc2SCC(=O)NCc2ccc(N(C)C)cc2)c1. The Kier molecular flexibility index (Phi) is 6.30. The number of aryl methyl sites for hydroxylation is 2. The van der Waals surface area contributed by atoms with Crippen molar-refractivity contribution in [1.82, 2.24) is 25.5 Å². The molecule has 0 saturated carbocycles. The van der Waals surface area contributed by atoms with Crippen LogP contribution in [0.15, 0.2) is 47.6 Å². The second kappa shape index (κ2) is 8.88. The van der Waals surface area contributed by atoms with Crippen molar-refractivity contribution in [1.29, 1.82) is 0 Å². The molecule has 146 valence electrons. The highest BCUT2D eigenvalue weighted by Gasteiger charge is 2.12. The molecular weight excluding hydrogens is 372 g/mol. The lowest BCUT2D eigenvalue weighted by molar-refractivity contribution is -0.118. The topological polar surface area (TPSA) is 75.9 Å². The van der Waals surface area contributed by atoms with Gasteiger partial charge in [0.1, 0.15) is 0 Å². The van der Waals surface area contributed by atoms with Gasteiger partial charge in [0.25, 0.3) is 0 Å². The Bertz CT molecular complexity index is 931. The highest BCUT2D eigenvalue weighted by Crippen LogP contribution is 2.20. The molecule has 3 aromatic rings. The fourth-order valence-corrected chi connectivity index (χ4v) is 3.52. The van der Waals surface area contributed by atoms with Gasteiger partial charge in [-0.25, -0.2) is 0 Å². The number of nitrogens with one attached hydrogen (secondary N) is 1. The molecule has 0 aliphatic heterocycles. The van der Waals surface area contributed by atoms with Crippen molar-refractivity contribution in [3.8, 4) is 5.69 Å². The van der Waals surface area contributed by atoms with E-state index in [1.807, 2.05) is 69.2 Å². The van der Waals surface area contributed by atoms with E-state index < -0.39 is 0 Å². The van der Waals surface area contributed by atoms with Crippen LogP contribution in [0.4, 0.5) is 5.69 Å². The summed E-state index contributed by atoms with van der Waals surface area (Å²) in [5.41, 5.74) is 5.36. The van der Waals surface area contributed by atoms with Gasteiger partial charge in [-0.1, -0.05) is 30.0 Å². The minimum absolute atomic E-state index is 0.0586. The summed E-state index contributed by atoms with van der Waals surface area (Å²) < 4.78 is 1.66. The van der Waals surface area contributed by atoms with Crippen molar-refractivity contribution in [2.24, 2.45) is 0 Å². The first-order valence-electron chi connectivity index (χ1n) is 8.95. The summed E-state index contributed by atoms with van der Waals surface area (Å²) in [4.78, 5) is 14.3. The lowest BCUT2D eigenvalue weighted by atomic mass is 10.1. The molecule has 1 amide bonds. The number of hydrogen-bond donors (Lipinski definition) is 1. The van der Waals surface area contributed by atoms with Gasteiger partial charge in [-0.15, -0.1) is 5.10 Å². The normalized spacial score (nSPS) is 10.7. The van der Waals surface area contributed by atoms with Crippen LogP contribution in [0.1, 0.15) is 16.7 Å². The summed E-state index contributed by atoms with van der Waals surface area (Å²) >= 11 is 1.32. The van der Waals surface area contributed by atoms with Crippen LogP contribution < -0.4 is 10.2 Å². The van der Waals surface area contributed by atoms with E-state index in [9.17, 15) is 4.79 Å². The fraction of sp³-hybridized carbons (Fsp3) is 0.300. The molecule has 28 heavy (non-hydrogen) atoms. The van der Waals surface area contributed by atoms with E-state index in [0.717, 1.165) is 28.1 Å². The number of hydrogen-bond acceptors (Lipinski definition) is 6. The van der Waals surface area contributed by atoms with Crippen molar-refractivity contribution >= 4 is 23.4 Å². The van der Waals surface area contributed by atoms with E-state index in [0.29, 0.717) is 11.7 Å². The summed E-state index contributed by atoms with van der Waals surface area (Å²) in [5.74, 6) is 0.192. The molecular formula is C20H24N6OS. The molecule has 0 spiro atoms. The second-order valence-corrected chi connectivity index (χ2v) is 7.79. The summed E-state index contributed by atoms with van der Waals surface area (Å²) in [6.07, 6.45) is 0. The lowest BCUT2D eigenvalue weighted by Gasteiger charge is -2.13. The Labute approximate surface area is 169 Å². The standard InChI is InChI=1S/C20H24N6OS/c1-14-9-15(2)11-18(10-14)26-20(22-23-24-26)28-13-19(27)21-12-16-5-7-17(8-6-16)25(3)4/h5-11H,12-13H2,1-4H3,(H,21,27). The number of nitrogens with zero attached hydrogens (tertiary/aromatic N) is 5. The highest BCUT2D eigenvalue weighted by molar-refractivity contribution is 7.99. The van der Waals surface area contributed by atoms with Gasteiger partial charge in [0.15, 0.2) is 0 Å². The van der Waals surface area contributed by atoms with Gasteiger partial charge in [-0.05, 0) is 65.2 Å². The average molecular weight is 397 g/mol. The van der Waals surface area contributed by atoms with Gasteiger partial charge >= 0.3 is 0 Å². The van der Waals surface area contributed by atoms with E-state index in [-0.39, 0.29) is 11.7 Å². The highest BCUT2D eigenvalue weighted by atomic mass is 32.2. The Morgan fingerprint density at radius 2 is 1.79 bits per heavy atom. The smallest absolute Gasteiger partial charge is 0.230 e. The molecule has 2 aromatic carbocycles. The zero-order chi connectivity index (χ0) is 20.1. The number of aromatic nitrogens is 4.